The number of aliphatic imine (C=N–C) groups is 6. The predicted octanol–water partition coefficient (Wildman–Crippen LogP) is 3.83. The van der Waals surface area contributed by atoms with Crippen molar-refractivity contribution in [2.24, 2.45) is 30.0 Å². The Morgan fingerprint density at radius 1 is 0.786 bits per heavy atom. The Morgan fingerprint density at radius 2 is 1.43 bits per heavy atom. The highest BCUT2D eigenvalue weighted by molar-refractivity contribution is 8.03. The van der Waals surface area contributed by atoms with E-state index in [0.29, 0.717) is 29.5 Å². The quantitative estimate of drug-likeness (QED) is 0.755. The van der Waals surface area contributed by atoms with Gasteiger partial charge in [-0.05, 0) is 34.7 Å². The van der Waals surface area contributed by atoms with E-state index < -0.39 is 0 Å². The number of nitrogens with zero attached hydrogens (tertiary/aromatic N) is 7. The Hall–Kier alpha value is -2.69. The molecule has 0 saturated carbocycles. The second-order valence-corrected chi connectivity index (χ2v) is 9.11. The molecule has 7 nitrogen and oxygen atoms in total. The second-order valence-electron chi connectivity index (χ2n) is 6.10. The number of guanidine groups is 3. The van der Waals surface area contributed by atoms with E-state index in [1.807, 2.05) is 35.0 Å². The zero-order chi connectivity index (χ0) is 18.5. The molecule has 0 N–H and O–H groups in total. The van der Waals surface area contributed by atoms with Gasteiger partial charge in [-0.15, -0.1) is 34.4 Å². The van der Waals surface area contributed by atoms with E-state index in [4.69, 9.17) is 20.0 Å². The van der Waals surface area contributed by atoms with Crippen LogP contribution in [-0.2, 0) is 0 Å². The maximum absolute atomic E-state index is 4.74. The predicted molar refractivity (Wildman–Crippen MR) is 118 cm³/mol. The molecule has 28 heavy (non-hydrogen) atoms. The van der Waals surface area contributed by atoms with Crippen molar-refractivity contribution in [3.05, 3.63) is 56.3 Å². The molecule has 6 heterocycles. The summed E-state index contributed by atoms with van der Waals surface area (Å²) in [6.07, 6.45) is 3.04. The average molecular weight is 422 g/mol. The number of hydrogen-bond donors (Lipinski definition) is 0. The highest BCUT2D eigenvalue weighted by Gasteiger charge is 2.37. The summed E-state index contributed by atoms with van der Waals surface area (Å²) in [6, 6.07) is 7.97. The first-order valence-corrected chi connectivity index (χ1v) is 11.3. The van der Waals surface area contributed by atoms with Crippen LogP contribution < -0.4 is 0 Å². The summed E-state index contributed by atoms with van der Waals surface area (Å²) < 4.78 is 0. The van der Waals surface area contributed by atoms with Crippen molar-refractivity contribution in [3.8, 4) is 0 Å². The molecule has 0 bridgehead atoms. The van der Waals surface area contributed by atoms with Crippen molar-refractivity contribution in [1.29, 1.82) is 0 Å². The Kier molecular flexibility index (Phi) is 3.74. The number of hydrogen-bond acceptors (Lipinski definition) is 10. The normalized spacial score (nSPS) is 22.7. The fourth-order valence-corrected chi connectivity index (χ4v) is 5.21. The molecule has 4 aliphatic heterocycles. The molecule has 2 aromatic rings. The molecule has 0 aromatic carbocycles. The molecule has 1 atom stereocenters. The molecule has 0 fully saturated rings. The summed E-state index contributed by atoms with van der Waals surface area (Å²) in [5.74, 6) is 3.54. The molecule has 0 spiro atoms. The van der Waals surface area contributed by atoms with E-state index in [1.54, 1.807) is 39.3 Å². The van der Waals surface area contributed by atoms with E-state index in [1.165, 1.54) is 0 Å². The van der Waals surface area contributed by atoms with Gasteiger partial charge in [0.1, 0.15) is 5.84 Å². The van der Waals surface area contributed by atoms with Gasteiger partial charge >= 0.3 is 0 Å². The van der Waals surface area contributed by atoms with Crippen LogP contribution in [0.4, 0.5) is 0 Å². The van der Waals surface area contributed by atoms with Crippen LogP contribution in [0.2, 0.25) is 0 Å². The lowest BCUT2D eigenvalue weighted by Gasteiger charge is -2.30. The number of thiophene rings is 2. The van der Waals surface area contributed by atoms with Gasteiger partial charge in [-0.2, -0.15) is 30.0 Å². The van der Waals surface area contributed by atoms with E-state index in [-0.39, 0.29) is 5.25 Å². The van der Waals surface area contributed by atoms with Crippen LogP contribution in [-0.4, -0.2) is 45.5 Å². The van der Waals surface area contributed by atoms with Crippen molar-refractivity contribution >= 4 is 69.8 Å². The average Bonchev–Trinajstić information content (AvgIpc) is 3.51. The highest BCUT2D eigenvalue weighted by Crippen LogP contribution is 2.29. The minimum absolute atomic E-state index is 0.184. The van der Waals surface area contributed by atoms with E-state index in [9.17, 15) is 0 Å². The second kappa shape index (κ2) is 6.43. The van der Waals surface area contributed by atoms with Crippen LogP contribution in [0.5, 0.6) is 0 Å². The van der Waals surface area contributed by atoms with E-state index in [0.717, 1.165) is 22.0 Å². The zero-order valence-electron chi connectivity index (χ0n) is 14.3. The van der Waals surface area contributed by atoms with Gasteiger partial charge in [-0.3, -0.25) is 0 Å². The summed E-state index contributed by atoms with van der Waals surface area (Å²) >= 11 is 4.90. The molecule has 6 rings (SSSR count). The first kappa shape index (κ1) is 16.3. The van der Waals surface area contributed by atoms with Crippen LogP contribution in [0.25, 0.3) is 0 Å². The summed E-state index contributed by atoms with van der Waals surface area (Å²) in [5, 5.41) is 6.29. The SMILES string of the molecule is C1=CSC(C2=NC3=NC(c4cccs4)=NC4=NC(c5cccs5)=NC(=N2)N43)C1. The van der Waals surface area contributed by atoms with Crippen molar-refractivity contribution in [2.45, 2.75) is 11.7 Å². The van der Waals surface area contributed by atoms with Gasteiger partial charge < -0.3 is 0 Å². The van der Waals surface area contributed by atoms with Gasteiger partial charge in [0.2, 0.25) is 17.9 Å². The van der Waals surface area contributed by atoms with Crippen LogP contribution in [0.15, 0.2) is 76.5 Å². The lowest BCUT2D eigenvalue weighted by molar-refractivity contribution is 0.824. The van der Waals surface area contributed by atoms with Gasteiger partial charge in [0.05, 0.1) is 15.0 Å². The van der Waals surface area contributed by atoms with Crippen LogP contribution in [0.3, 0.4) is 0 Å². The lowest BCUT2D eigenvalue weighted by atomic mass is 10.3. The summed E-state index contributed by atoms with van der Waals surface area (Å²) in [4.78, 5) is 31.9. The molecular formula is C18H11N7S3. The van der Waals surface area contributed by atoms with Crippen molar-refractivity contribution in [1.82, 2.24) is 4.90 Å². The largest absolute Gasteiger partial charge is 0.243 e. The van der Waals surface area contributed by atoms with Gasteiger partial charge in [-0.1, -0.05) is 18.2 Å². The molecule has 0 amide bonds. The summed E-state index contributed by atoms with van der Waals surface area (Å²) in [6.45, 7) is 0. The summed E-state index contributed by atoms with van der Waals surface area (Å²) in [5.41, 5.74) is 0. The fourth-order valence-electron chi connectivity index (χ4n) is 3.03. The third-order valence-electron chi connectivity index (χ3n) is 4.31. The number of allylic oxidation sites excluding steroid dienone is 1. The maximum Gasteiger partial charge on any atom is 0.243 e. The van der Waals surface area contributed by atoms with Crippen LogP contribution >= 0.6 is 34.4 Å². The monoisotopic (exact) mass is 421 g/mol. The number of rotatable bonds is 3. The van der Waals surface area contributed by atoms with Crippen molar-refractivity contribution in [2.75, 3.05) is 0 Å². The highest BCUT2D eigenvalue weighted by atomic mass is 32.2. The molecule has 2 aromatic heterocycles. The maximum atomic E-state index is 4.74. The smallest absolute Gasteiger partial charge is 0.213 e. The Morgan fingerprint density at radius 3 is 2.00 bits per heavy atom. The third-order valence-corrected chi connectivity index (χ3v) is 7.13. The zero-order valence-corrected chi connectivity index (χ0v) is 16.7. The standard InChI is InChI=1S/C18H11N7S3/c1-4-10(26-7-1)13-19-16-21-14(11-5-2-8-27-11)23-18-24-15(12-6-3-9-28-12)22-17(20-13)25(16)18/h1-5,7-9,12H,6H2. The molecule has 1 unspecified atom stereocenters. The molecule has 0 aliphatic carbocycles. The first-order valence-electron chi connectivity index (χ1n) is 8.55. The molecule has 0 saturated heterocycles. The number of thioether (sulfide) groups is 1. The van der Waals surface area contributed by atoms with E-state index >= 15 is 0 Å². The Labute approximate surface area is 172 Å². The minimum Gasteiger partial charge on any atom is -0.213 e. The minimum atomic E-state index is 0.184. The van der Waals surface area contributed by atoms with E-state index in [2.05, 4.69) is 21.5 Å². The molecule has 10 heteroatoms. The van der Waals surface area contributed by atoms with Crippen LogP contribution in [0, 0.1) is 0 Å². The molecular weight excluding hydrogens is 410 g/mol. The first-order chi connectivity index (χ1) is 13.8. The molecule has 4 aliphatic rings. The number of amidine groups is 3. The lowest BCUT2D eigenvalue weighted by Crippen LogP contribution is -2.48. The Bertz CT molecular complexity index is 1120. The molecule has 136 valence electrons. The van der Waals surface area contributed by atoms with Gasteiger partial charge in [0.15, 0.2) is 11.7 Å². The van der Waals surface area contributed by atoms with Gasteiger partial charge in [-0.25, -0.2) is 4.90 Å². The van der Waals surface area contributed by atoms with Gasteiger partial charge in [0, 0.05) is 0 Å². The Balaban J connectivity index is 1.52. The fraction of sp³-hybridized carbons (Fsp3) is 0.111. The summed E-state index contributed by atoms with van der Waals surface area (Å²) in [7, 11) is 0. The van der Waals surface area contributed by atoms with Crippen LogP contribution in [0.1, 0.15) is 16.2 Å². The van der Waals surface area contributed by atoms with Gasteiger partial charge in [0.25, 0.3) is 0 Å². The topological polar surface area (TPSA) is 77.4 Å². The third kappa shape index (κ3) is 2.64. The van der Waals surface area contributed by atoms with Crippen molar-refractivity contribution < 1.29 is 0 Å². The van der Waals surface area contributed by atoms with Crippen molar-refractivity contribution in [3.63, 3.8) is 0 Å². The molecule has 0 radical (unpaired) electrons.